The first-order chi connectivity index (χ1) is 20.5. The van der Waals surface area contributed by atoms with Crippen molar-refractivity contribution in [2.24, 2.45) is 5.73 Å². The number of allylic oxidation sites excluding steroid dienone is 7. The van der Waals surface area contributed by atoms with E-state index in [-0.39, 0.29) is 37.9 Å². The Morgan fingerprint density at radius 1 is 0.860 bits per heavy atom. The highest BCUT2D eigenvalue weighted by Crippen LogP contribution is 2.22. The van der Waals surface area contributed by atoms with Crippen molar-refractivity contribution in [1.82, 2.24) is 10.6 Å². The molecule has 0 aromatic carbocycles. The van der Waals surface area contributed by atoms with Crippen molar-refractivity contribution >= 4 is 41.5 Å². The maximum Gasteiger partial charge on any atom is 0.322 e. The standard InChI is InChI=1S/C30H47N3O9S/c1-2-3-4-5-6-7-8-9-10-11-12-13-16-25(24(34)15-14-17-27(36)37)43-21-23(29(40)32-20-28(38)39)33-26(35)19-18-22(31)30(41)42/h6-7,9-13,16,22-25,34H,2-5,8,14-15,17-21,31H2,1H3,(H,32,40)(H,33,35)(H,36,37)(H,38,39)(H,41,42)/b7-6-,10-9-,12-11+,16-13+/t22-,23+,24+,25-/m1/s1. The molecule has 0 spiro atoms. The molecule has 0 fully saturated rings. The quantitative estimate of drug-likeness (QED) is 0.0444. The summed E-state index contributed by atoms with van der Waals surface area (Å²) in [5, 5.41) is 41.6. The van der Waals surface area contributed by atoms with Gasteiger partial charge in [-0.1, -0.05) is 68.4 Å². The number of hydrogen-bond donors (Lipinski definition) is 7. The molecule has 0 unspecified atom stereocenters. The van der Waals surface area contributed by atoms with Crippen LogP contribution in [0.5, 0.6) is 0 Å². The van der Waals surface area contributed by atoms with E-state index in [1.165, 1.54) is 19.3 Å². The maximum absolute atomic E-state index is 12.6. The summed E-state index contributed by atoms with van der Waals surface area (Å²) < 4.78 is 0. The van der Waals surface area contributed by atoms with E-state index >= 15 is 0 Å². The number of carbonyl (C=O) groups is 5. The van der Waals surface area contributed by atoms with Crippen LogP contribution in [-0.4, -0.2) is 85.9 Å². The van der Waals surface area contributed by atoms with Gasteiger partial charge >= 0.3 is 17.9 Å². The van der Waals surface area contributed by atoms with Crippen LogP contribution in [0.3, 0.4) is 0 Å². The highest BCUT2D eigenvalue weighted by molar-refractivity contribution is 8.00. The first-order valence-corrected chi connectivity index (χ1v) is 15.5. The predicted octanol–water partition coefficient (Wildman–Crippen LogP) is 2.78. The van der Waals surface area contributed by atoms with Gasteiger partial charge in [-0.05, 0) is 38.5 Å². The number of aliphatic hydroxyl groups is 1. The lowest BCUT2D eigenvalue weighted by Gasteiger charge is -2.23. The smallest absolute Gasteiger partial charge is 0.322 e. The summed E-state index contributed by atoms with van der Waals surface area (Å²) in [6, 6.07) is -2.45. The summed E-state index contributed by atoms with van der Waals surface area (Å²) in [6.07, 6.45) is 19.5. The van der Waals surface area contributed by atoms with Crippen LogP contribution in [0.15, 0.2) is 48.6 Å². The highest BCUT2D eigenvalue weighted by atomic mass is 32.2. The topological polar surface area (TPSA) is 216 Å². The fraction of sp³-hybridized carbons (Fsp3) is 0.567. The maximum atomic E-state index is 12.6. The molecule has 0 aliphatic carbocycles. The SMILES string of the molecule is CCCCC/C=C\C\C=C/C=C/C=C/[C@@H](SC[C@H](NC(=O)CC[C@@H](N)C(=O)O)C(=O)NCC(=O)O)[C@@H](O)CCCC(=O)O. The van der Waals surface area contributed by atoms with Crippen LogP contribution in [0.1, 0.15) is 71.1 Å². The molecule has 13 heteroatoms. The molecule has 0 heterocycles. The van der Waals surface area contributed by atoms with Crippen LogP contribution >= 0.6 is 11.8 Å². The number of hydrogen-bond acceptors (Lipinski definition) is 8. The number of carbonyl (C=O) groups excluding carboxylic acids is 2. The number of aliphatic carboxylic acids is 3. The molecular formula is C30H47N3O9S. The van der Waals surface area contributed by atoms with Crippen molar-refractivity contribution in [3.63, 3.8) is 0 Å². The normalized spacial score (nSPS) is 14.7. The molecule has 0 aliphatic rings. The van der Waals surface area contributed by atoms with E-state index in [1.54, 1.807) is 18.2 Å². The Bertz CT molecular complexity index is 982. The zero-order chi connectivity index (χ0) is 32.5. The Hall–Kier alpha value is -3.42. The van der Waals surface area contributed by atoms with Crippen molar-refractivity contribution in [1.29, 1.82) is 0 Å². The lowest BCUT2D eigenvalue weighted by Crippen LogP contribution is -2.50. The predicted molar refractivity (Wildman–Crippen MR) is 166 cm³/mol. The number of carboxylic acid groups (broad SMARTS) is 3. The Balaban J connectivity index is 5.38. The van der Waals surface area contributed by atoms with E-state index < -0.39 is 59.7 Å². The van der Waals surface area contributed by atoms with E-state index in [1.807, 2.05) is 18.2 Å². The molecule has 43 heavy (non-hydrogen) atoms. The second-order valence-corrected chi connectivity index (χ2v) is 11.0. The molecule has 2 amide bonds. The van der Waals surface area contributed by atoms with E-state index in [4.69, 9.17) is 21.1 Å². The van der Waals surface area contributed by atoms with E-state index in [0.717, 1.165) is 24.6 Å². The van der Waals surface area contributed by atoms with Gasteiger partial charge in [0.25, 0.3) is 0 Å². The number of rotatable bonds is 25. The first kappa shape index (κ1) is 39.6. The average molecular weight is 626 g/mol. The third kappa shape index (κ3) is 22.8. The molecule has 0 aromatic heterocycles. The molecule has 0 rings (SSSR count). The van der Waals surface area contributed by atoms with E-state index in [0.29, 0.717) is 0 Å². The van der Waals surface area contributed by atoms with Gasteiger partial charge in [-0.15, -0.1) is 11.8 Å². The van der Waals surface area contributed by atoms with Gasteiger partial charge in [0.1, 0.15) is 18.6 Å². The van der Waals surface area contributed by atoms with Crippen LogP contribution in [-0.2, 0) is 24.0 Å². The number of aliphatic hydroxyl groups excluding tert-OH is 1. The number of thioether (sulfide) groups is 1. The lowest BCUT2D eigenvalue weighted by molar-refractivity contribution is -0.139. The summed E-state index contributed by atoms with van der Waals surface area (Å²) in [5.74, 6) is -5.01. The minimum absolute atomic E-state index is 0.0542. The molecule has 4 atom stereocenters. The van der Waals surface area contributed by atoms with Crippen LogP contribution < -0.4 is 16.4 Å². The third-order valence-corrected chi connectivity index (χ3v) is 7.36. The van der Waals surface area contributed by atoms with Gasteiger partial charge in [0.15, 0.2) is 0 Å². The van der Waals surface area contributed by atoms with Crippen LogP contribution in [0.2, 0.25) is 0 Å². The van der Waals surface area contributed by atoms with Crippen molar-refractivity contribution < 1.29 is 44.4 Å². The van der Waals surface area contributed by atoms with Crippen molar-refractivity contribution in [3.05, 3.63) is 48.6 Å². The van der Waals surface area contributed by atoms with Crippen LogP contribution in [0, 0.1) is 0 Å². The molecular weight excluding hydrogens is 578 g/mol. The molecule has 0 saturated carbocycles. The fourth-order valence-corrected chi connectivity index (χ4v) is 4.75. The molecule has 0 radical (unpaired) electrons. The van der Waals surface area contributed by atoms with Crippen molar-refractivity contribution in [2.45, 2.75) is 94.6 Å². The van der Waals surface area contributed by atoms with Gasteiger partial charge < -0.3 is 36.8 Å². The monoisotopic (exact) mass is 625 g/mol. The first-order valence-electron chi connectivity index (χ1n) is 14.4. The number of nitrogens with one attached hydrogen (secondary N) is 2. The Morgan fingerprint density at radius 2 is 1.58 bits per heavy atom. The third-order valence-electron chi connectivity index (χ3n) is 5.97. The summed E-state index contributed by atoms with van der Waals surface area (Å²) >= 11 is 1.13. The number of nitrogens with two attached hydrogens (primary N) is 1. The second-order valence-electron chi connectivity index (χ2n) is 9.77. The largest absolute Gasteiger partial charge is 0.481 e. The minimum Gasteiger partial charge on any atom is -0.481 e. The van der Waals surface area contributed by atoms with E-state index in [2.05, 4.69) is 29.7 Å². The Kier molecular flexibility index (Phi) is 23.1. The highest BCUT2D eigenvalue weighted by Gasteiger charge is 2.25. The van der Waals surface area contributed by atoms with Gasteiger partial charge in [0, 0.05) is 23.8 Å². The number of amides is 2. The zero-order valence-corrected chi connectivity index (χ0v) is 25.5. The van der Waals surface area contributed by atoms with E-state index in [9.17, 15) is 29.1 Å². The van der Waals surface area contributed by atoms with Crippen molar-refractivity contribution in [2.75, 3.05) is 12.3 Å². The fourth-order valence-electron chi connectivity index (χ4n) is 3.54. The second kappa shape index (κ2) is 25.1. The molecule has 0 saturated heterocycles. The number of carboxylic acids is 3. The zero-order valence-electron chi connectivity index (χ0n) is 24.7. The Morgan fingerprint density at radius 3 is 2.23 bits per heavy atom. The van der Waals surface area contributed by atoms with Crippen LogP contribution in [0.4, 0.5) is 0 Å². The lowest BCUT2D eigenvalue weighted by atomic mass is 10.1. The molecule has 242 valence electrons. The Labute approximate surface area is 257 Å². The summed E-state index contributed by atoms with van der Waals surface area (Å²) in [4.78, 5) is 57.8. The van der Waals surface area contributed by atoms with Gasteiger partial charge in [-0.2, -0.15) is 0 Å². The molecule has 12 nitrogen and oxygen atoms in total. The minimum atomic E-state index is -1.28. The van der Waals surface area contributed by atoms with Gasteiger partial charge in [0.05, 0.1) is 6.10 Å². The summed E-state index contributed by atoms with van der Waals surface area (Å²) in [5.41, 5.74) is 5.43. The van der Waals surface area contributed by atoms with Gasteiger partial charge in [-0.3, -0.25) is 24.0 Å². The molecule has 0 bridgehead atoms. The van der Waals surface area contributed by atoms with Crippen molar-refractivity contribution in [3.8, 4) is 0 Å². The molecule has 0 aromatic rings. The summed E-state index contributed by atoms with van der Waals surface area (Å²) in [7, 11) is 0. The van der Waals surface area contributed by atoms with Crippen LogP contribution in [0.25, 0.3) is 0 Å². The molecule has 0 aliphatic heterocycles. The average Bonchev–Trinajstić information content (AvgIpc) is 2.95. The van der Waals surface area contributed by atoms with Gasteiger partial charge in [-0.25, -0.2) is 0 Å². The van der Waals surface area contributed by atoms with Gasteiger partial charge in [0.2, 0.25) is 11.8 Å². The summed E-state index contributed by atoms with van der Waals surface area (Å²) in [6.45, 7) is 1.49. The molecule has 8 N–H and O–H groups in total. The number of unbranched alkanes of at least 4 members (excludes halogenated alkanes) is 3.